The van der Waals surface area contributed by atoms with Gasteiger partial charge in [-0.1, -0.05) is 66.6 Å². The number of sulfonamides is 1. The zero-order chi connectivity index (χ0) is 25.2. The van der Waals surface area contributed by atoms with E-state index in [0.29, 0.717) is 6.42 Å². The van der Waals surface area contributed by atoms with Gasteiger partial charge < -0.3 is 5.11 Å². The van der Waals surface area contributed by atoms with Gasteiger partial charge in [0.15, 0.2) is 0 Å². The van der Waals surface area contributed by atoms with E-state index in [1.165, 1.54) is 21.6 Å². The highest BCUT2D eigenvalue weighted by atomic mass is 32.2. The van der Waals surface area contributed by atoms with Crippen molar-refractivity contribution >= 4 is 27.8 Å². The Labute approximate surface area is 212 Å². The third-order valence-corrected chi connectivity index (χ3v) is 9.91. The number of carboxylic acids is 1. The third kappa shape index (κ3) is 5.63. The Morgan fingerprint density at radius 3 is 2.06 bits per heavy atom. The number of nitrogens with zero attached hydrogens (tertiary/aromatic N) is 1. The Kier molecular flexibility index (Phi) is 7.69. The van der Waals surface area contributed by atoms with E-state index in [9.17, 15) is 18.3 Å². The van der Waals surface area contributed by atoms with Crippen molar-refractivity contribution in [1.29, 1.82) is 0 Å². The monoisotopic (exact) mass is 509 g/mol. The molecular weight excluding hydrogens is 478 g/mol. The predicted octanol–water partition coefficient (Wildman–Crippen LogP) is 5.86. The van der Waals surface area contributed by atoms with Crippen molar-refractivity contribution in [3.63, 3.8) is 0 Å². The van der Waals surface area contributed by atoms with Crippen LogP contribution in [0.3, 0.4) is 0 Å². The molecule has 0 spiro atoms. The Morgan fingerprint density at radius 2 is 1.51 bits per heavy atom. The van der Waals surface area contributed by atoms with Crippen LogP contribution in [-0.2, 0) is 21.2 Å². The van der Waals surface area contributed by atoms with Gasteiger partial charge in [0, 0.05) is 16.7 Å². The van der Waals surface area contributed by atoms with Gasteiger partial charge >= 0.3 is 5.97 Å². The van der Waals surface area contributed by atoms with Crippen LogP contribution in [0.1, 0.15) is 41.6 Å². The first-order valence-corrected chi connectivity index (χ1v) is 14.1. The molecule has 0 amide bonds. The number of hydrogen-bond acceptors (Lipinski definition) is 4. The van der Waals surface area contributed by atoms with Crippen molar-refractivity contribution in [2.45, 2.75) is 54.7 Å². The summed E-state index contributed by atoms with van der Waals surface area (Å²) in [6.07, 6.45) is 1.30. The smallest absolute Gasteiger partial charge is 0.308 e. The van der Waals surface area contributed by atoms with Crippen molar-refractivity contribution in [1.82, 2.24) is 4.31 Å². The molecule has 5 nitrogen and oxygen atoms in total. The molecule has 0 saturated carbocycles. The maximum Gasteiger partial charge on any atom is 0.308 e. The lowest BCUT2D eigenvalue weighted by Crippen LogP contribution is -2.49. The summed E-state index contributed by atoms with van der Waals surface area (Å²) in [5.74, 6) is -1.80. The number of carboxylic acid groups (broad SMARTS) is 1. The lowest BCUT2D eigenvalue weighted by molar-refractivity contribution is -0.143. The zero-order valence-electron chi connectivity index (χ0n) is 20.2. The topological polar surface area (TPSA) is 74.7 Å². The molecule has 1 N–H and O–H groups in total. The van der Waals surface area contributed by atoms with Gasteiger partial charge in [0.25, 0.3) is 0 Å². The second-order valence-electron chi connectivity index (χ2n) is 9.15. The summed E-state index contributed by atoms with van der Waals surface area (Å²) in [5.41, 5.74) is 4.16. The normalized spacial score (nSPS) is 21.1. The van der Waals surface area contributed by atoms with Crippen molar-refractivity contribution in [2.24, 2.45) is 5.92 Å². The van der Waals surface area contributed by atoms with Gasteiger partial charge in [-0.25, -0.2) is 8.42 Å². The number of rotatable bonds is 7. The van der Waals surface area contributed by atoms with Crippen molar-refractivity contribution in [2.75, 3.05) is 6.54 Å². The Bertz CT molecular complexity index is 1270. The summed E-state index contributed by atoms with van der Waals surface area (Å²) in [4.78, 5) is 13.5. The highest BCUT2D eigenvalue weighted by Crippen LogP contribution is 2.44. The van der Waals surface area contributed by atoms with Crippen molar-refractivity contribution < 1.29 is 18.3 Å². The molecule has 1 aliphatic rings. The van der Waals surface area contributed by atoms with E-state index in [2.05, 4.69) is 6.92 Å². The first-order valence-electron chi connectivity index (χ1n) is 11.8. The van der Waals surface area contributed by atoms with Gasteiger partial charge in [-0.05, 0) is 62.1 Å². The number of hydrogen-bond donors (Lipinski definition) is 1. The average Bonchev–Trinajstić information content (AvgIpc) is 2.85. The minimum Gasteiger partial charge on any atom is -0.481 e. The van der Waals surface area contributed by atoms with Crippen LogP contribution in [0.5, 0.6) is 0 Å². The minimum atomic E-state index is -3.90. The molecule has 0 unspecified atom stereocenters. The second-order valence-corrected chi connectivity index (χ2v) is 12.4. The first-order chi connectivity index (χ1) is 16.7. The van der Waals surface area contributed by atoms with Crippen LogP contribution in [0.4, 0.5) is 0 Å². The molecule has 184 valence electrons. The van der Waals surface area contributed by atoms with E-state index in [1.54, 1.807) is 24.3 Å². The van der Waals surface area contributed by atoms with Crippen LogP contribution in [0.25, 0.3) is 0 Å². The number of piperidine rings is 1. The lowest BCUT2D eigenvalue weighted by atomic mass is 9.90. The molecule has 1 aliphatic heterocycles. The summed E-state index contributed by atoms with van der Waals surface area (Å²) < 4.78 is 29.0. The van der Waals surface area contributed by atoms with E-state index >= 15 is 0 Å². The van der Waals surface area contributed by atoms with Crippen LogP contribution in [0.15, 0.2) is 82.6 Å². The molecule has 1 fully saturated rings. The molecule has 0 radical (unpaired) electrons. The van der Waals surface area contributed by atoms with E-state index in [1.807, 2.05) is 62.4 Å². The zero-order valence-corrected chi connectivity index (χ0v) is 21.9. The van der Waals surface area contributed by atoms with E-state index < -0.39 is 28.0 Å². The van der Waals surface area contributed by atoms with E-state index in [0.717, 1.165) is 28.0 Å². The van der Waals surface area contributed by atoms with Gasteiger partial charge in [0.2, 0.25) is 10.0 Å². The quantitative estimate of drug-likeness (QED) is 0.432. The summed E-state index contributed by atoms with van der Waals surface area (Å²) >= 11 is 1.52. The van der Waals surface area contributed by atoms with Crippen LogP contribution in [-0.4, -0.2) is 35.6 Å². The second kappa shape index (κ2) is 10.6. The van der Waals surface area contributed by atoms with Gasteiger partial charge in [0.1, 0.15) is 0 Å². The van der Waals surface area contributed by atoms with Crippen LogP contribution in [0.2, 0.25) is 0 Å². The van der Waals surface area contributed by atoms with Gasteiger partial charge in [-0.3, -0.25) is 4.79 Å². The fourth-order valence-corrected chi connectivity index (χ4v) is 7.43. The Balaban J connectivity index is 1.75. The van der Waals surface area contributed by atoms with Crippen LogP contribution >= 0.6 is 11.8 Å². The molecular formula is C28H31NO4S2. The van der Waals surface area contributed by atoms with Crippen LogP contribution < -0.4 is 0 Å². The van der Waals surface area contributed by atoms with Gasteiger partial charge in [-0.15, -0.1) is 11.8 Å². The molecule has 35 heavy (non-hydrogen) atoms. The molecule has 3 atom stereocenters. The number of aryl methyl sites for hydroxylation is 3. The molecule has 4 rings (SSSR count). The predicted molar refractivity (Wildman–Crippen MR) is 140 cm³/mol. The molecule has 1 heterocycles. The fraction of sp³-hybridized carbons (Fsp3) is 0.321. The van der Waals surface area contributed by atoms with Crippen LogP contribution in [0, 0.1) is 19.8 Å². The number of aliphatic carboxylic acids is 1. The molecule has 3 aromatic rings. The standard InChI is InChI=1S/C28H31NO4S2/c1-4-21-9-11-22(12-10-21)26-17-27(34-23-13-5-19(2)6-14-23)25(28(30)31)18-29(26)35(32,33)24-15-7-20(3)8-16-24/h5-16,25-27H,4,17-18H2,1-3H3,(H,30,31)/t25-,26+,27-/m1/s1. The summed E-state index contributed by atoms with van der Waals surface area (Å²) in [6, 6.07) is 22.3. The van der Waals surface area contributed by atoms with Crippen molar-refractivity contribution in [3.05, 3.63) is 95.1 Å². The number of benzene rings is 3. The fourth-order valence-electron chi connectivity index (χ4n) is 4.49. The Hall–Kier alpha value is -2.61. The van der Waals surface area contributed by atoms with E-state index in [-0.39, 0.29) is 16.7 Å². The number of carbonyl (C=O) groups is 1. The molecule has 3 aromatic carbocycles. The molecule has 0 aliphatic carbocycles. The van der Waals surface area contributed by atoms with Gasteiger partial charge in [-0.2, -0.15) is 4.31 Å². The first kappa shape index (κ1) is 25.5. The lowest BCUT2D eigenvalue weighted by Gasteiger charge is -2.41. The SMILES string of the molecule is CCc1ccc([C@@H]2C[C@@H](Sc3ccc(C)cc3)[C@H](C(=O)O)CN2S(=O)(=O)c2ccc(C)cc2)cc1. The minimum absolute atomic E-state index is 0.0741. The van der Waals surface area contributed by atoms with Gasteiger partial charge in [0.05, 0.1) is 16.9 Å². The summed E-state index contributed by atoms with van der Waals surface area (Å²) in [6.45, 7) is 5.92. The highest BCUT2D eigenvalue weighted by molar-refractivity contribution is 8.00. The molecule has 0 aromatic heterocycles. The summed E-state index contributed by atoms with van der Waals surface area (Å²) in [5, 5.41) is 9.84. The molecule has 1 saturated heterocycles. The van der Waals surface area contributed by atoms with Crippen molar-refractivity contribution in [3.8, 4) is 0 Å². The maximum absolute atomic E-state index is 13.8. The largest absolute Gasteiger partial charge is 0.481 e. The summed E-state index contributed by atoms with van der Waals surface area (Å²) in [7, 11) is -3.90. The maximum atomic E-state index is 13.8. The van der Waals surface area contributed by atoms with E-state index in [4.69, 9.17) is 0 Å². The highest BCUT2D eigenvalue weighted by Gasteiger charge is 2.45. The molecule has 0 bridgehead atoms. The molecule has 7 heteroatoms. The number of thioether (sulfide) groups is 1. The average molecular weight is 510 g/mol. The Morgan fingerprint density at radius 1 is 0.943 bits per heavy atom. The third-order valence-electron chi connectivity index (χ3n) is 6.65.